The Morgan fingerprint density at radius 3 is 2.75 bits per heavy atom. The Hall–Kier alpha value is -1.94. The predicted octanol–water partition coefficient (Wildman–Crippen LogP) is 3.96. The van der Waals surface area contributed by atoms with Crippen molar-refractivity contribution in [1.29, 1.82) is 0 Å². The standard InChI is InChI=1S/C16H19N2OSi/c1-13-7-6-9-15(16(13)19-20(2)3)18-12-10-14-8-4-5-11-17-14/h4-9,11-12H,10H2,1-3H3. The van der Waals surface area contributed by atoms with Gasteiger partial charge in [-0.1, -0.05) is 18.2 Å². The molecule has 4 heteroatoms. The van der Waals surface area contributed by atoms with Gasteiger partial charge in [-0.15, -0.1) is 0 Å². The number of pyridine rings is 1. The van der Waals surface area contributed by atoms with Crippen molar-refractivity contribution >= 4 is 20.9 Å². The summed E-state index contributed by atoms with van der Waals surface area (Å²) >= 11 is 0. The van der Waals surface area contributed by atoms with Gasteiger partial charge in [-0.3, -0.25) is 9.98 Å². The van der Waals surface area contributed by atoms with Crippen molar-refractivity contribution in [1.82, 2.24) is 4.98 Å². The second kappa shape index (κ2) is 7.00. The van der Waals surface area contributed by atoms with E-state index in [0.717, 1.165) is 29.1 Å². The van der Waals surface area contributed by atoms with Gasteiger partial charge in [-0.25, -0.2) is 0 Å². The molecule has 0 aliphatic carbocycles. The third-order valence-electron chi connectivity index (χ3n) is 2.75. The highest BCUT2D eigenvalue weighted by Crippen LogP contribution is 2.31. The van der Waals surface area contributed by atoms with Gasteiger partial charge in [0, 0.05) is 24.5 Å². The van der Waals surface area contributed by atoms with Crippen molar-refractivity contribution in [3.05, 3.63) is 53.9 Å². The van der Waals surface area contributed by atoms with Crippen LogP contribution in [0.25, 0.3) is 0 Å². The summed E-state index contributed by atoms with van der Waals surface area (Å²) < 4.78 is 5.95. The summed E-state index contributed by atoms with van der Waals surface area (Å²) in [6.45, 7) is 6.30. The monoisotopic (exact) mass is 283 g/mol. The lowest BCUT2D eigenvalue weighted by atomic mass is 10.2. The van der Waals surface area contributed by atoms with Gasteiger partial charge < -0.3 is 4.43 Å². The summed E-state index contributed by atoms with van der Waals surface area (Å²) in [5.41, 5.74) is 3.04. The van der Waals surface area contributed by atoms with Gasteiger partial charge in [0.1, 0.15) is 11.4 Å². The van der Waals surface area contributed by atoms with E-state index >= 15 is 0 Å². The summed E-state index contributed by atoms with van der Waals surface area (Å²) in [5.74, 6) is 0.906. The Balaban J connectivity index is 2.14. The third kappa shape index (κ3) is 4.03. The number of benzene rings is 1. The maximum Gasteiger partial charge on any atom is 0.274 e. The minimum Gasteiger partial charge on any atom is -0.541 e. The van der Waals surface area contributed by atoms with E-state index in [1.54, 1.807) is 6.20 Å². The Bertz CT molecular complexity index is 582. The average Bonchev–Trinajstić information content (AvgIpc) is 2.43. The van der Waals surface area contributed by atoms with Crippen LogP contribution in [0.15, 0.2) is 47.6 Å². The van der Waals surface area contributed by atoms with E-state index < -0.39 is 9.04 Å². The fourth-order valence-corrected chi connectivity index (χ4v) is 2.51. The van der Waals surface area contributed by atoms with Crippen molar-refractivity contribution in [3.8, 4) is 5.75 Å². The molecule has 1 heterocycles. The van der Waals surface area contributed by atoms with Crippen molar-refractivity contribution < 1.29 is 4.43 Å². The molecule has 0 saturated carbocycles. The van der Waals surface area contributed by atoms with Crippen LogP contribution in [0.2, 0.25) is 13.1 Å². The quantitative estimate of drug-likeness (QED) is 0.615. The molecule has 0 aliphatic rings. The molecule has 103 valence electrons. The molecular weight excluding hydrogens is 264 g/mol. The first kappa shape index (κ1) is 14.5. The van der Waals surface area contributed by atoms with E-state index in [4.69, 9.17) is 4.43 Å². The maximum absolute atomic E-state index is 5.95. The van der Waals surface area contributed by atoms with Crippen LogP contribution in [0.5, 0.6) is 5.75 Å². The van der Waals surface area contributed by atoms with E-state index in [2.05, 4.69) is 36.1 Å². The van der Waals surface area contributed by atoms with Gasteiger partial charge >= 0.3 is 0 Å². The third-order valence-corrected chi connectivity index (χ3v) is 3.37. The van der Waals surface area contributed by atoms with E-state index in [9.17, 15) is 0 Å². The number of para-hydroxylation sites is 1. The lowest BCUT2D eigenvalue weighted by Gasteiger charge is -2.13. The molecule has 0 aliphatic heterocycles. The van der Waals surface area contributed by atoms with E-state index in [1.807, 2.05) is 36.5 Å². The molecule has 20 heavy (non-hydrogen) atoms. The zero-order chi connectivity index (χ0) is 14.4. The number of aromatic nitrogens is 1. The highest BCUT2D eigenvalue weighted by Gasteiger charge is 2.08. The minimum absolute atomic E-state index is 0.726. The normalized spacial score (nSPS) is 11.2. The van der Waals surface area contributed by atoms with Gasteiger partial charge in [0.15, 0.2) is 0 Å². The second-order valence-electron chi connectivity index (χ2n) is 4.77. The van der Waals surface area contributed by atoms with Gasteiger partial charge in [0.25, 0.3) is 9.04 Å². The predicted molar refractivity (Wildman–Crippen MR) is 85.4 cm³/mol. The molecule has 0 atom stereocenters. The topological polar surface area (TPSA) is 34.5 Å². The smallest absolute Gasteiger partial charge is 0.274 e. The molecular formula is C16H19N2OSi. The van der Waals surface area contributed by atoms with Gasteiger partial charge in [0.2, 0.25) is 0 Å². The molecule has 1 aromatic heterocycles. The van der Waals surface area contributed by atoms with Crippen LogP contribution in [0.1, 0.15) is 11.3 Å². The van der Waals surface area contributed by atoms with Crippen LogP contribution in [0.4, 0.5) is 5.69 Å². The number of aliphatic imine (C=N–C) groups is 1. The minimum atomic E-state index is -0.794. The Kier molecular flexibility index (Phi) is 5.07. The van der Waals surface area contributed by atoms with Gasteiger partial charge in [0.05, 0.1) is 0 Å². The highest BCUT2D eigenvalue weighted by molar-refractivity contribution is 6.49. The number of aryl methyl sites for hydroxylation is 1. The van der Waals surface area contributed by atoms with Crippen LogP contribution < -0.4 is 4.43 Å². The Morgan fingerprint density at radius 1 is 1.20 bits per heavy atom. The number of nitrogens with zero attached hydrogens (tertiary/aromatic N) is 2. The molecule has 0 spiro atoms. The zero-order valence-electron chi connectivity index (χ0n) is 12.1. The summed E-state index contributed by atoms with van der Waals surface area (Å²) in [5, 5.41) is 0. The molecule has 2 aromatic rings. The van der Waals surface area contributed by atoms with Gasteiger partial charge in [-0.2, -0.15) is 0 Å². The van der Waals surface area contributed by atoms with E-state index in [1.165, 1.54) is 0 Å². The summed E-state index contributed by atoms with van der Waals surface area (Å²) in [4.78, 5) is 8.82. The summed E-state index contributed by atoms with van der Waals surface area (Å²) in [7, 11) is -0.794. The molecule has 0 unspecified atom stereocenters. The van der Waals surface area contributed by atoms with E-state index in [0.29, 0.717) is 0 Å². The zero-order valence-corrected chi connectivity index (χ0v) is 13.1. The lowest BCUT2D eigenvalue weighted by molar-refractivity contribution is 0.577. The molecule has 2 rings (SSSR count). The fraction of sp³-hybridized carbons (Fsp3) is 0.250. The molecule has 0 fully saturated rings. The van der Waals surface area contributed by atoms with Crippen LogP contribution in [-0.2, 0) is 6.42 Å². The largest absolute Gasteiger partial charge is 0.541 e. The number of hydrogen-bond acceptors (Lipinski definition) is 3. The highest BCUT2D eigenvalue weighted by atomic mass is 28.3. The van der Waals surface area contributed by atoms with Crippen molar-refractivity contribution in [2.45, 2.75) is 26.4 Å². The van der Waals surface area contributed by atoms with Crippen LogP contribution >= 0.6 is 0 Å². The second-order valence-corrected chi connectivity index (χ2v) is 6.79. The Morgan fingerprint density at radius 2 is 2.05 bits per heavy atom. The molecule has 0 amide bonds. The van der Waals surface area contributed by atoms with Crippen LogP contribution in [0.3, 0.4) is 0 Å². The Labute approximate surface area is 122 Å². The first-order valence-electron chi connectivity index (χ1n) is 6.67. The molecule has 1 radical (unpaired) electrons. The van der Waals surface area contributed by atoms with E-state index in [-0.39, 0.29) is 0 Å². The van der Waals surface area contributed by atoms with Crippen molar-refractivity contribution in [2.24, 2.45) is 4.99 Å². The SMILES string of the molecule is Cc1cccc(N=CCc2ccccn2)c1O[Si](C)C. The lowest BCUT2D eigenvalue weighted by Crippen LogP contribution is -2.12. The van der Waals surface area contributed by atoms with Crippen LogP contribution in [-0.4, -0.2) is 20.2 Å². The number of hydrogen-bond donors (Lipinski definition) is 0. The van der Waals surface area contributed by atoms with Crippen molar-refractivity contribution in [3.63, 3.8) is 0 Å². The van der Waals surface area contributed by atoms with Crippen LogP contribution in [0, 0.1) is 6.92 Å². The molecule has 0 bridgehead atoms. The summed E-state index contributed by atoms with van der Waals surface area (Å²) in [6.07, 6.45) is 4.42. The molecule has 3 nitrogen and oxygen atoms in total. The summed E-state index contributed by atoms with van der Waals surface area (Å²) in [6, 6.07) is 12.0. The maximum atomic E-state index is 5.95. The molecule has 0 N–H and O–H groups in total. The fourth-order valence-electron chi connectivity index (χ4n) is 1.83. The number of rotatable bonds is 5. The van der Waals surface area contributed by atoms with Crippen molar-refractivity contribution in [2.75, 3.05) is 0 Å². The molecule has 1 aromatic carbocycles. The van der Waals surface area contributed by atoms with Gasteiger partial charge in [-0.05, 0) is 43.8 Å². The average molecular weight is 283 g/mol. The first-order valence-corrected chi connectivity index (χ1v) is 9.07. The first-order chi connectivity index (χ1) is 9.66. The molecule has 0 saturated heterocycles.